The molecular formula is C11H19BrN2O2. The van der Waals surface area contributed by atoms with E-state index in [1.807, 2.05) is 13.8 Å². The molecule has 1 aliphatic rings. The second kappa shape index (κ2) is 6.23. The third-order valence-corrected chi connectivity index (χ3v) is 3.71. The van der Waals surface area contributed by atoms with Crippen molar-refractivity contribution in [1.29, 1.82) is 0 Å². The van der Waals surface area contributed by atoms with Crippen molar-refractivity contribution in [3.05, 3.63) is 0 Å². The minimum Gasteiger partial charge on any atom is -0.354 e. The van der Waals surface area contributed by atoms with Crippen LogP contribution in [0.4, 0.5) is 0 Å². The van der Waals surface area contributed by atoms with Crippen LogP contribution in [0.2, 0.25) is 0 Å². The van der Waals surface area contributed by atoms with Gasteiger partial charge in [-0.2, -0.15) is 0 Å². The molecule has 0 aromatic heterocycles. The number of rotatable bonds is 5. The van der Waals surface area contributed by atoms with Crippen molar-refractivity contribution >= 4 is 27.7 Å². The highest BCUT2D eigenvalue weighted by molar-refractivity contribution is 9.10. The van der Waals surface area contributed by atoms with E-state index < -0.39 is 0 Å². The summed E-state index contributed by atoms with van der Waals surface area (Å²) in [5.74, 6) is 0.136. The van der Waals surface area contributed by atoms with Gasteiger partial charge in [-0.25, -0.2) is 0 Å². The number of halogens is 1. The predicted molar refractivity (Wildman–Crippen MR) is 66.4 cm³/mol. The van der Waals surface area contributed by atoms with Crippen LogP contribution in [-0.2, 0) is 9.59 Å². The van der Waals surface area contributed by atoms with Crippen LogP contribution < -0.4 is 5.32 Å². The Labute approximate surface area is 105 Å². The summed E-state index contributed by atoms with van der Waals surface area (Å²) in [4.78, 5) is 24.7. The van der Waals surface area contributed by atoms with E-state index in [2.05, 4.69) is 21.2 Å². The maximum absolute atomic E-state index is 11.5. The summed E-state index contributed by atoms with van der Waals surface area (Å²) in [5, 5.41) is 2.89. The summed E-state index contributed by atoms with van der Waals surface area (Å²) < 4.78 is 0. The molecule has 0 aliphatic carbocycles. The van der Waals surface area contributed by atoms with Gasteiger partial charge in [-0.05, 0) is 19.8 Å². The quantitative estimate of drug-likeness (QED) is 0.776. The van der Waals surface area contributed by atoms with Crippen LogP contribution in [0.25, 0.3) is 0 Å². The number of likely N-dealkylation sites (tertiary alicyclic amines) is 1. The van der Waals surface area contributed by atoms with E-state index in [4.69, 9.17) is 0 Å². The van der Waals surface area contributed by atoms with E-state index in [9.17, 15) is 9.59 Å². The Morgan fingerprint density at radius 2 is 2.38 bits per heavy atom. The first-order valence-electron chi connectivity index (χ1n) is 5.76. The number of hydrogen-bond acceptors (Lipinski definition) is 2. The topological polar surface area (TPSA) is 49.4 Å². The Morgan fingerprint density at radius 3 is 2.88 bits per heavy atom. The molecule has 1 heterocycles. The van der Waals surface area contributed by atoms with Crippen molar-refractivity contribution in [3.8, 4) is 0 Å². The molecule has 2 unspecified atom stereocenters. The van der Waals surface area contributed by atoms with Gasteiger partial charge >= 0.3 is 0 Å². The first-order valence-corrected chi connectivity index (χ1v) is 6.68. The van der Waals surface area contributed by atoms with Crippen molar-refractivity contribution in [3.63, 3.8) is 0 Å². The number of nitrogens with one attached hydrogen (secondary N) is 1. The molecule has 0 aromatic rings. The molecule has 0 radical (unpaired) electrons. The van der Waals surface area contributed by atoms with Gasteiger partial charge in [0, 0.05) is 25.6 Å². The van der Waals surface area contributed by atoms with Crippen LogP contribution in [-0.4, -0.2) is 40.7 Å². The van der Waals surface area contributed by atoms with Crippen LogP contribution in [0.3, 0.4) is 0 Å². The fourth-order valence-electron chi connectivity index (χ4n) is 1.61. The maximum Gasteiger partial charge on any atom is 0.236 e. The molecule has 16 heavy (non-hydrogen) atoms. The standard InChI is InChI=1S/C11H19BrN2O2/c1-3-8(2)13-10(15)5-7-14-6-4-9(12)11(14)16/h8-9H,3-7H2,1-2H3,(H,13,15). The molecule has 2 amide bonds. The van der Waals surface area contributed by atoms with Crippen LogP contribution in [0, 0.1) is 0 Å². The van der Waals surface area contributed by atoms with Gasteiger partial charge in [0.05, 0.1) is 4.83 Å². The summed E-state index contributed by atoms with van der Waals surface area (Å²) in [5.41, 5.74) is 0. The van der Waals surface area contributed by atoms with Crippen molar-refractivity contribution in [2.45, 2.75) is 44.0 Å². The van der Waals surface area contributed by atoms with Gasteiger partial charge in [0.1, 0.15) is 0 Å². The van der Waals surface area contributed by atoms with Crippen LogP contribution >= 0.6 is 15.9 Å². The van der Waals surface area contributed by atoms with Crippen LogP contribution in [0.1, 0.15) is 33.1 Å². The van der Waals surface area contributed by atoms with Crippen molar-refractivity contribution < 1.29 is 9.59 Å². The number of carbonyl (C=O) groups excluding carboxylic acids is 2. The van der Waals surface area contributed by atoms with Gasteiger partial charge in [-0.15, -0.1) is 0 Å². The highest BCUT2D eigenvalue weighted by atomic mass is 79.9. The lowest BCUT2D eigenvalue weighted by atomic mass is 10.2. The molecule has 2 atom stereocenters. The summed E-state index contributed by atoms with van der Waals surface area (Å²) >= 11 is 3.31. The molecule has 1 aliphatic heterocycles. The number of alkyl halides is 1. The van der Waals surface area contributed by atoms with Crippen molar-refractivity contribution in [2.24, 2.45) is 0 Å². The van der Waals surface area contributed by atoms with E-state index >= 15 is 0 Å². The van der Waals surface area contributed by atoms with E-state index in [0.29, 0.717) is 13.0 Å². The highest BCUT2D eigenvalue weighted by Crippen LogP contribution is 2.18. The summed E-state index contributed by atoms with van der Waals surface area (Å²) in [6.45, 7) is 5.30. The molecule has 0 saturated carbocycles. The lowest BCUT2D eigenvalue weighted by Crippen LogP contribution is -2.36. The Morgan fingerprint density at radius 1 is 1.69 bits per heavy atom. The SMILES string of the molecule is CCC(C)NC(=O)CCN1CCC(Br)C1=O. The van der Waals surface area contributed by atoms with E-state index in [0.717, 1.165) is 19.4 Å². The highest BCUT2D eigenvalue weighted by Gasteiger charge is 2.29. The molecule has 1 N–H and O–H groups in total. The van der Waals surface area contributed by atoms with Crippen molar-refractivity contribution in [2.75, 3.05) is 13.1 Å². The average molecular weight is 291 g/mol. The number of amides is 2. The van der Waals surface area contributed by atoms with Gasteiger partial charge in [0.25, 0.3) is 0 Å². The van der Waals surface area contributed by atoms with Gasteiger partial charge in [-0.1, -0.05) is 22.9 Å². The molecule has 5 heteroatoms. The fourth-order valence-corrected chi connectivity index (χ4v) is 2.10. The second-order valence-corrected chi connectivity index (χ2v) is 5.31. The van der Waals surface area contributed by atoms with Crippen LogP contribution in [0.15, 0.2) is 0 Å². The van der Waals surface area contributed by atoms with E-state index in [-0.39, 0.29) is 22.7 Å². The number of hydrogen-bond donors (Lipinski definition) is 1. The molecule has 0 aromatic carbocycles. The molecule has 1 rings (SSSR count). The van der Waals surface area contributed by atoms with E-state index in [1.54, 1.807) is 4.90 Å². The zero-order valence-electron chi connectivity index (χ0n) is 9.83. The number of nitrogens with zero attached hydrogens (tertiary/aromatic N) is 1. The summed E-state index contributed by atoms with van der Waals surface area (Å²) in [6.07, 6.45) is 2.17. The average Bonchev–Trinajstić information content (AvgIpc) is 2.57. The zero-order chi connectivity index (χ0) is 12.1. The number of carbonyl (C=O) groups is 2. The molecular weight excluding hydrogens is 272 g/mol. The zero-order valence-corrected chi connectivity index (χ0v) is 11.4. The predicted octanol–water partition coefficient (Wildman–Crippen LogP) is 1.29. The van der Waals surface area contributed by atoms with Gasteiger partial charge in [-0.3, -0.25) is 9.59 Å². The lowest BCUT2D eigenvalue weighted by molar-refractivity contribution is -0.128. The summed E-state index contributed by atoms with van der Waals surface area (Å²) in [6, 6.07) is 0.214. The van der Waals surface area contributed by atoms with Crippen LogP contribution in [0.5, 0.6) is 0 Å². The fraction of sp³-hybridized carbons (Fsp3) is 0.818. The first kappa shape index (κ1) is 13.5. The minimum absolute atomic E-state index is 0.0279. The molecule has 92 valence electrons. The minimum atomic E-state index is -0.0508. The van der Waals surface area contributed by atoms with Gasteiger partial charge in [0.2, 0.25) is 11.8 Å². The smallest absolute Gasteiger partial charge is 0.236 e. The van der Waals surface area contributed by atoms with Gasteiger partial charge < -0.3 is 10.2 Å². The third kappa shape index (κ3) is 3.77. The first-order chi connectivity index (χ1) is 7.54. The normalized spacial score (nSPS) is 22.3. The second-order valence-electron chi connectivity index (χ2n) is 4.21. The Kier molecular flexibility index (Phi) is 5.25. The Balaban J connectivity index is 2.24. The Bertz CT molecular complexity index is 271. The molecule has 0 spiro atoms. The molecule has 1 saturated heterocycles. The van der Waals surface area contributed by atoms with E-state index in [1.165, 1.54) is 0 Å². The maximum atomic E-state index is 11.5. The molecule has 1 fully saturated rings. The molecule has 0 bridgehead atoms. The third-order valence-electron chi connectivity index (χ3n) is 2.86. The summed E-state index contributed by atoms with van der Waals surface area (Å²) in [7, 11) is 0. The largest absolute Gasteiger partial charge is 0.354 e. The molecule has 4 nitrogen and oxygen atoms in total. The van der Waals surface area contributed by atoms with Gasteiger partial charge in [0.15, 0.2) is 0 Å². The Hall–Kier alpha value is -0.580. The lowest BCUT2D eigenvalue weighted by Gasteiger charge is -2.16. The monoisotopic (exact) mass is 290 g/mol. The van der Waals surface area contributed by atoms with Crippen molar-refractivity contribution in [1.82, 2.24) is 10.2 Å².